The van der Waals surface area contributed by atoms with Gasteiger partial charge < -0.3 is 10.1 Å². The first-order valence-electron chi connectivity index (χ1n) is 8.01. The van der Waals surface area contributed by atoms with Crippen molar-refractivity contribution in [2.24, 2.45) is 0 Å². The van der Waals surface area contributed by atoms with Gasteiger partial charge in [-0.25, -0.2) is 9.50 Å². The number of aromatic nitrogens is 3. The van der Waals surface area contributed by atoms with Crippen LogP contribution in [0.1, 0.15) is 29.4 Å². The molecule has 0 aromatic carbocycles. The molecule has 6 nitrogen and oxygen atoms in total. The van der Waals surface area contributed by atoms with Gasteiger partial charge in [0.2, 0.25) is 0 Å². The fraction of sp³-hybridized carbons (Fsp3) is 0.353. The third-order valence-corrected chi connectivity index (χ3v) is 5.35. The van der Waals surface area contributed by atoms with E-state index in [1.165, 1.54) is 11.3 Å². The molecular weight excluding hydrogens is 324 g/mol. The summed E-state index contributed by atoms with van der Waals surface area (Å²) in [5.74, 6) is 0.909. The monoisotopic (exact) mass is 342 g/mol. The van der Waals surface area contributed by atoms with Gasteiger partial charge in [0.1, 0.15) is 11.5 Å². The van der Waals surface area contributed by atoms with E-state index in [-0.39, 0.29) is 5.78 Å². The van der Waals surface area contributed by atoms with Crippen LogP contribution in [0.5, 0.6) is 0 Å². The second kappa shape index (κ2) is 6.33. The number of carbonyl (C=O) groups is 1. The van der Waals surface area contributed by atoms with Crippen molar-refractivity contribution in [3.63, 3.8) is 0 Å². The number of carbonyl (C=O) groups excluding carboxylic acids is 1. The Bertz CT molecular complexity index is 880. The Labute approximate surface area is 143 Å². The molecule has 1 aliphatic heterocycles. The van der Waals surface area contributed by atoms with Crippen molar-refractivity contribution in [2.75, 3.05) is 18.5 Å². The molecule has 7 heteroatoms. The van der Waals surface area contributed by atoms with Gasteiger partial charge in [-0.2, -0.15) is 0 Å². The Morgan fingerprint density at radius 1 is 1.29 bits per heavy atom. The SMILES string of the molecule is CC(=O)c1ccc(-c2cnc3ccc(NC4CCOCC4)nn23)s1. The maximum atomic E-state index is 11.5. The van der Waals surface area contributed by atoms with E-state index < -0.39 is 0 Å². The van der Waals surface area contributed by atoms with Crippen molar-refractivity contribution >= 4 is 28.6 Å². The molecule has 3 aromatic rings. The number of nitrogens with zero attached hydrogens (tertiary/aromatic N) is 3. The van der Waals surface area contributed by atoms with Gasteiger partial charge in [-0.05, 0) is 44.0 Å². The third-order valence-electron chi connectivity index (χ3n) is 4.14. The third kappa shape index (κ3) is 2.92. The number of anilines is 1. The molecule has 1 saturated heterocycles. The molecule has 1 aliphatic rings. The van der Waals surface area contributed by atoms with Gasteiger partial charge in [-0.3, -0.25) is 4.79 Å². The smallest absolute Gasteiger partial charge is 0.169 e. The van der Waals surface area contributed by atoms with E-state index in [9.17, 15) is 4.79 Å². The van der Waals surface area contributed by atoms with E-state index >= 15 is 0 Å². The van der Waals surface area contributed by atoms with Crippen LogP contribution in [-0.2, 0) is 4.74 Å². The van der Waals surface area contributed by atoms with Crippen LogP contribution in [0.3, 0.4) is 0 Å². The number of fused-ring (bicyclic) bond motifs is 1. The Balaban J connectivity index is 1.66. The summed E-state index contributed by atoms with van der Waals surface area (Å²) in [6.45, 7) is 3.16. The zero-order valence-corrected chi connectivity index (χ0v) is 14.2. The van der Waals surface area contributed by atoms with E-state index in [4.69, 9.17) is 4.74 Å². The number of ether oxygens (including phenoxy) is 1. The van der Waals surface area contributed by atoms with Crippen molar-refractivity contribution in [1.82, 2.24) is 14.6 Å². The highest BCUT2D eigenvalue weighted by molar-refractivity contribution is 7.17. The lowest BCUT2D eigenvalue weighted by molar-refractivity contribution is 0.0903. The number of hydrogen-bond acceptors (Lipinski definition) is 6. The lowest BCUT2D eigenvalue weighted by Crippen LogP contribution is -2.28. The van der Waals surface area contributed by atoms with Gasteiger partial charge in [0.05, 0.1) is 16.0 Å². The molecule has 0 bridgehead atoms. The second-order valence-electron chi connectivity index (χ2n) is 5.88. The molecule has 0 amide bonds. The first-order valence-corrected chi connectivity index (χ1v) is 8.82. The zero-order valence-electron chi connectivity index (χ0n) is 13.4. The largest absolute Gasteiger partial charge is 0.381 e. The lowest BCUT2D eigenvalue weighted by atomic mass is 10.1. The standard InChI is InChI=1S/C17H18N4O2S/c1-11(22)14-2-3-15(24-14)13-10-18-17-5-4-16(20-21(13)17)19-12-6-8-23-9-7-12/h2-5,10,12H,6-9H2,1H3,(H,19,20). The van der Waals surface area contributed by atoms with Crippen molar-refractivity contribution < 1.29 is 9.53 Å². The van der Waals surface area contributed by atoms with Crippen LogP contribution in [0.4, 0.5) is 5.82 Å². The van der Waals surface area contributed by atoms with Crippen LogP contribution in [0.25, 0.3) is 16.2 Å². The first kappa shape index (κ1) is 15.3. The highest BCUT2D eigenvalue weighted by atomic mass is 32.1. The highest BCUT2D eigenvalue weighted by Crippen LogP contribution is 2.29. The zero-order chi connectivity index (χ0) is 16.5. The summed E-state index contributed by atoms with van der Waals surface area (Å²) in [5.41, 5.74) is 1.69. The highest BCUT2D eigenvalue weighted by Gasteiger charge is 2.16. The first-order chi connectivity index (χ1) is 11.7. The predicted molar refractivity (Wildman–Crippen MR) is 93.8 cm³/mol. The van der Waals surface area contributed by atoms with E-state index in [1.807, 2.05) is 28.8 Å². The molecule has 0 aliphatic carbocycles. The van der Waals surface area contributed by atoms with Crippen LogP contribution in [0, 0.1) is 0 Å². The summed E-state index contributed by atoms with van der Waals surface area (Å²) in [6, 6.07) is 8.10. The van der Waals surface area contributed by atoms with E-state index in [0.29, 0.717) is 6.04 Å². The van der Waals surface area contributed by atoms with Crippen molar-refractivity contribution in [1.29, 1.82) is 0 Å². The Hall–Kier alpha value is -2.25. The number of rotatable bonds is 4. The minimum absolute atomic E-state index is 0.0786. The van der Waals surface area contributed by atoms with Gasteiger partial charge in [-0.1, -0.05) is 0 Å². The fourth-order valence-corrected chi connectivity index (χ4v) is 3.73. The Kier molecular flexibility index (Phi) is 4.03. The fourth-order valence-electron chi connectivity index (χ4n) is 2.83. The number of hydrogen-bond donors (Lipinski definition) is 1. The molecule has 3 aromatic heterocycles. The average molecular weight is 342 g/mol. The molecule has 4 heterocycles. The van der Waals surface area contributed by atoms with Gasteiger partial charge in [0.25, 0.3) is 0 Å². The second-order valence-corrected chi connectivity index (χ2v) is 6.97. The normalized spacial score (nSPS) is 15.7. The van der Waals surface area contributed by atoms with Crippen LogP contribution in [-0.4, -0.2) is 39.6 Å². The van der Waals surface area contributed by atoms with Crippen molar-refractivity contribution in [2.45, 2.75) is 25.8 Å². The summed E-state index contributed by atoms with van der Waals surface area (Å²) >= 11 is 1.47. The minimum atomic E-state index is 0.0786. The van der Waals surface area contributed by atoms with Gasteiger partial charge in [-0.15, -0.1) is 16.4 Å². The van der Waals surface area contributed by atoms with E-state index in [1.54, 1.807) is 13.1 Å². The maximum absolute atomic E-state index is 11.5. The average Bonchev–Trinajstić information content (AvgIpc) is 3.22. The van der Waals surface area contributed by atoms with Gasteiger partial charge >= 0.3 is 0 Å². The molecular formula is C17H18N4O2S. The Morgan fingerprint density at radius 3 is 2.88 bits per heavy atom. The summed E-state index contributed by atoms with van der Waals surface area (Å²) in [5, 5.41) is 8.16. The molecule has 0 spiro atoms. The predicted octanol–water partition coefficient (Wildman–Crippen LogP) is 3.25. The number of thiophene rings is 1. The molecule has 0 unspecified atom stereocenters. The number of imidazole rings is 1. The van der Waals surface area contributed by atoms with Crippen LogP contribution >= 0.6 is 11.3 Å². The quantitative estimate of drug-likeness (QED) is 0.737. The van der Waals surface area contributed by atoms with Gasteiger partial charge in [0.15, 0.2) is 11.4 Å². The Morgan fingerprint density at radius 2 is 2.12 bits per heavy atom. The lowest BCUT2D eigenvalue weighted by Gasteiger charge is -2.23. The molecule has 124 valence electrons. The topological polar surface area (TPSA) is 68.5 Å². The molecule has 0 radical (unpaired) electrons. The van der Waals surface area contributed by atoms with Crippen molar-refractivity contribution in [3.8, 4) is 10.6 Å². The van der Waals surface area contributed by atoms with Crippen LogP contribution in [0.15, 0.2) is 30.5 Å². The van der Waals surface area contributed by atoms with E-state index in [0.717, 1.165) is 53.0 Å². The number of nitrogens with one attached hydrogen (secondary N) is 1. The molecule has 1 N–H and O–H groups in total. The summed E-state index contributed by atoms with van der Waals surface area (Å²) in [4.78, 5) is 17.7. The molecule has 1 fully saturated rings. The molecule has 0 atom stereocenters. The number of Topliss-reactive ketones (excluding diaryl/α,β-unsaturated/α-hetero) is 1. The van der Waals surface area contributed by atoms with Crippen LogP contribution < -0.4 is 5.32 Å². The summed E-state index contributed by atoms with van der Waals surface area (Å²) in [7, 11) is 0. The number of ketones is 1. The summed E-state index contributed by atoms with van der Waals surface area (Å²) in [6.07, 6.45) is 3.78. The summed E-state index contributed by atoms with van der Waals surface area (Å²) < 4.78 is 7.22. The molecule has 4 rings (SSSR count). The van der Waals surface area contributed by atoms with Crippen LogP contribution in [0.2, 0.25) is 0 Å². The molecule has 0 saturated carbocycles. The minimum Gasteiger partial charge on any atom is -0.381 e. The van der Waals surface area contributed by atoms with Gasteiger partial charge in [0, 0.05) is 19.3 Å². The van der Waals surface area contributed by atoms with Crippen molar-refractivity contribution in [3.05, 3.63) is 35.3 Å². The maximum Gasteiger partial charge on any atom is 0.169 e. The van der Waals surface area contributed by atoms with E-state index in [2.05, 4.69) is 15.4 Å². The molecule has 24 heavy (non-hydrogen) atoms.